The number of benzene rings is 1. The number of aryl methyl sites for hydroxylation is 2. The molecule has 0 radical (unpaired) electrons. The number of nitrogens with one attached hydrogen (secondary N) is 3. The average molecular weight is 367 g/mol. The van der Waals surface area contributed by atoms with Gasteiger partial charge < -0.3 is 15.3 Å². The first-order valence-electron chi connectivity index (χ1n) is 8.53. The number of aromatic nitrogens is 2. The number of hydrogen-bond acceptors (Lipinski definition) is 3. The minimum absolute atomic E-state index is 0.118. The van der Waals surface area contributed by atoms with Crippen molar-refractivity contribution in [2.24, 2.45) is 0 Å². The summed E-state index contributed by atoms with van der Waals surface area (Å²) in [6, 6.07) is 5.76. The molecule has 0 aliphatic rings. The number of rotatable bonds is 2. The van der Waals surface area contributed by atoms with Crippen LogP contribution in [0.25, 0.3) is 21.1 Å². The van der Waals surface area contributed by atoms with E-state index in [4.69, 9.17) is 0 Å². The van der Waals surface area contributed by atoms with Crippen molar-refractivity contribution < 1.29 is 4.79 Å². The molecule has 0 fully saturated rings. The lowest BCUT2D eigenvalue weighted by atomic mass is 10.1. The van der Waals surface area contributed by atoms with Crippen molar-refractivity contribution >= 4 is 44.1 Å². The third-order valence-corrected chi connectivity index (χ3v) is 5.13. The Morgan fingerprint density at radius 3 is 2.54 bits per heavy atom. The average Bonchev–Trinajstić information content (AvgIpc) is 3.25. The Hall–Kier alpha value is -2.86. The summed E-state index contributed by atoms with van der Waals surface area (Å²) in [5.74, 6) is -0.405. The summed E-state index contributed by atoms with van der Waals surface area (Å²) >= 11 is 1.33. The molecule has 3 N–H and O–H groups in total. The normalized spacial score (nSPS) is 10.6. The molecule has 134 valence electrons. The third-order valence-electron chi connectivity index (χ3n) is 4.21. The maximum absolute atomic E-state index is 12.6. The van der Waals surface area contributed by atoms with Gasteiger partial charge in [-0.3, -0.25) is 9.59 Å². The van der Waals surface area contributed by atoms with Gasteiger partial charge in [-0.2, -0.15) is 0 Å². The van der Waals surface area contributed by atoms with Crippen LogP contribution in [0.2, 0.25) is 0 Å². The topological polar surface area (TPSA) is 77.8 Å². The molecule has 1 aromatic carbocycles. The molecule has 0 spiro atoms. The van der Waals surface area contributed by atoms with Crippen LogP contribution in [0.1, 0.15) is 35.3 Å². The van der Waals surface area contributed by atoms with Gasteiger partial charge in [0, 0.05) is 29.0 Å². The second kappa shape index (κ2) is 7.17. The minimum atomic E-state index is -0.405. The molecule has 5 nitrogen and oxygen atoms in total. The van der Waals surface area contributed by atoms with Crippen molar-refractivity contribution in [2.45, 2.75) is 27.7 Å². The number of anilines is 1. The number of hydrogen-bond donors (Lipinski definition) is 3. The predicted octanol–water partition coefficient (Wildman–Crippen LogP) is 4.97. The van der Waals surface area contributed by atoms with E-state index < -0.39 is 5.91 Å². The second-order valence-electron chi connectivity index (χ2n) is 5.83. The smallest absolute Gasteiger partial charge is 0.261 e. The molecule has 3 heterocycles. The van der Waals surface area contributed by atoms with Crippen molar-refractivity contribution in [3.63, 3.8) is 0 Å². The van der Waals surface area contributed by atoms with Gasteiger partial charge in [0.05, 0.1) is 10.2 Å². The van der Waals surface area contributed by atoms with Crippen LogP contribution in [0.3, 0.4) is 0 Å². The fraction of sp³-hybridized carbons (Fsp3) is 0.200. The fourth-order valence-corrected chi connectivity index (χ4v) is 3.66. The highest BCUT2D eigenvalue weighted by molar-refractivity contribution is 7.17. The van der Waals surface area contributed by atoms with Crippen molar-refractivity contribution in [1.82, 2.24) is 9.97 Å². The molecule has 4 rings (SSSR count). The van der Waals surface area contributed by atoms with Crippen molar-refractivity contribution in [1.29, 1.82) is 0 Å². The highest BCUT2D eigenvalue weighted by Crippen LogP contribution is 2.25. The Kier molecular flexibility index (Phi) is 4.95. The summed E-state index contributed by atoms with van der Waals surface area (Å²) in [4.78, 5) is 31.2. The van der Waals surface area contributed by atoms with Crippen LogP contribution in [0.15, 0.2) is 40.8 Å². The highest BCUT2D eigenvalue weighted by atomic mass is 32.1. The molecule has 0 aliphatic heterocycles. The number of amides is 1. The Balaban J connectivity index is 0.000000948. The quantitative estimate of drug-likeness (QED) is 0.468. The van der Waals surface area contributed by atoms with E-state index in [1.54, 1.807) is 0 Å². The van der Waals surface area contributed by atoms with E-state index in [1.807, 2.05) is 57.5 Å². The van der Waals surface area contributed by atoms with Gasteiger partial charge in [0.15, 0.2) is 0 Å². The number of carbonyl (C=O) groups is 1. The molecule has 0 saturated heterocycles. The van der Waals surface area contributed by atoms with E-state index in [2.05, 4.69) is 15.3 Å². The van der Waals surface area contributed by atoms with Gasteiger partial charge in [0.25, 0.3) is 5.91 Å². The first-order valence-corrected chi connectivity index (χ1v) is 9.41. The Morgan fingerprint density at radius 1 is 1.04 bits per heavy atom. The molecule has 0 aliphatic carbocycles. The van der Waals surface area contributed by atoms with Crippen LogP contribution in [0.4, 0.5) is 5.69 Å². The van der Waals surface area contributed by atoms with E-state index in [0.717, 1.165) is 27.5 Å². The van der Waals surface area contributed by atoms with Gasteiger partial charge in [-0.05, 0) is 48.6 Å². The maximum Gasteiger partial charge on any atom is 0.261 e. The summed E-state index contributed by atoms with van der Waals surface area (Å²) in [6.07, 6.45) is 3.41. The first-order chi connectivity index (χ1) is 12.5. The summed E-state index contributed by atoms with van der Waals surface area (Å²) in [7, 11) is 0. The van der Waals surface area contributed by atoms with Crippen LogP contribution >= 0.6 is 11.3 Å². The monoisotopic (exact) mass is 367 g/mol. The lowest BCUT2D eigenvalue weighted by Crippen LogP contribution is -2.21. The first kappa shape index (κ1) is 17.9. The number of H-pyrrole nitrogens is 2. The van der Waals surface area contributed by atoms with Crippen molar-refractivity contribution in [3.8, 4) is 0 Å². The van der Waals surface area contributed by atoms with E-state index in [1.165, 1.54) is 17.5 Å². The largest absolute Gasteiger partial charge is 0.361 e. The zero-order chi connectivity index (χ0) is 18.8. The van der Waals surface area contributed by atoms with Crippen LogP contribution in [-0.4, -0.2) is 15.9 Å². The minimum Gasteiger partial charge on any atom is -0.361 e. The molecule has 6 heteroatoms. The summed E-state index contributed by atoms with van der Waals surface area (Å²) < 4.78 is 0.565. The number of fused-ring (bicyclic) bond motifs is 2. The molecule has 0 saturated carbocycles. The van der Waals surface area contributed by atoms with Crippen molar-refractivity contribution in [3.05, 3.63) is 62.9 Å². The zero-order valence-corrected chi connectivity index (χ0v) is 16.0. The van der Waals surface area contributed by atoms with Gasteiger partial charge in [0.2, 0.25) is 5.43 Å². The Bertz CT molecular complexity index is 1150. The van der Waals surface area contributed by atoms with Crippen LogP contribution < -0.4 is 10.7 Å². The van der Waals surface area contributed by atoms with E-state index >= 15 is 0 Å². The van der Waals surface area contributed by atoms with Crippen molar-refractivity contribution in [2.75, 3.05) is 5.32 Å². The number of thiophene rings is 1. The van der Waals surface area contributed by atoms with Crippen LogP contribution in [0, 0.1) is 13.8 Å². The van der Waals surface area contributed by atoms with Gasteiger partial charge >= 0.3 is 0 Å². The summed E-state index contributed by atoms with van der Waals surface area (Å²) in [5, 5.41) is 5.81. The molecule has 0 bridgehead atoms. The van der Waals surface area contributed by atoms with Crippen LogP contribution in [-0.2, 0) is 0 Å². The number of pyridine rings is 1. The zero-order valence-electron chi connectivity index (χ0n) is 15.2. The van der Waals surface area contributed by atoms with Gasteiger partial charge in [-0.15, -0.1) is 11.3 Å². The van der Waals surface area contributed by atoms with Gasteiger partial charge in [0.1, 0.15) is 5.56 Å². The van der Waals surface area contributed by atoms with Gasteiger partial charge in [-0.1, -0.05) is 13.8 Å². The molecule has 3 aromatic heterocycles. The molecule has 0 unspecified atom stereocenters. The lowest BCUT2D eigenvalue weighted by Gasteiger charge is -2.09. The molecule has 4 aromatic rings. The lowest BCUT2D eigenvalue weighted by molar-refractivity contribution is 0.102. The second-order valence-corrected chi connectivity index (χ2v) is 6.75. The van der Waals surface area contributed by atoms with E-state index in [9.17, 15) is 9.59 Å². The number of aromatic amines is 2. The Labute approximate surface area is 155 Å². The fourth-order valence-electron chi connectivity index (χ4n) is 2.85. The SMILES string of the molecule is CC.Cc1cc2c(C)c[nH]c2cc1NC(=O)c1c[nH]c2ccsc2c1=O. The maximum atomic E-state index is 12.6. The molecular formula is C20H21N3O2S. The number of carbonyl (C=O) groups excluding carboxylic acids is 1. The Morgan fingerprint density at radius 2 is 1.77 bits per heavy atom. The molecule has 0 atom stereocenters. The summed E-state index contributed by atoms with van der Waals surface area (Å²) in [6.45, 7) is 7.97. The third kappa shape index (κ3) is 3.04. The predicted molar refractivity (Wildman–Crippen MR) is 110 cm³/mol. The van der Waals surface area contributed by atoms with Gasteiger partial charge in [-0.25, -0.2) is 0 Å². The van der Waals surface area contributed by atoms with E-state index in [-0.39, 0.29) is 11.0 Å². The molecule has 26 heavy (non-hydrogen) atoms. The standard InChI is InChI=1S/C18H15N3O2S.C2H6/c1-9-5-11-10(2)7-19-15(11)6-14(9)21-18(23)12-8-20-13-3-4-24-17(13)16(12)22;1-2/h3-8,19H,1-2H3,(H,20,22)(H,21,23);1-2H3. The molecule has 1 amide bonds. The highest BCUT2D eigenvalue weighted by Gasteiger charge is 2.15. The summed E-state index contributed by atoms with van der Waals surface area (Å²) in [5.41, 5.74) is 4.38. The van der Waals surface area contributed by atoms with E-state index in [0.29, 0.717) is 10.4 Å². The molecular weight excluding hydrogens is 346 g/mol. The van der Waals surface area contributed by atoms with Crippen LogP contribution in [0.5, 0.6) is 0 Å².